The Balaban J connectivity index is 1.60. The number of carbonyl (C=O) groups excluding carboxylic acids is 1. The topological polar surface area (TPSA) is 69.7 Å². The molecule has 8 heteroatoms. The van der Waals surface area contributed by atoms with E-state index in [1.165, 1.54) is 25.2 Å². The molecule has 0 unspecified atom stereocenters. The number of sulfonamides is 1. The summed E-state index contributed by atoms with van der Waals surface area (Å²) < 4.78 is 26.3. The molecule has 1 heterocycles. The van der Waals surface area contributed by atoms with Crippen molar-refractivity contribution in [1.82, 2.24) is 14.5 Å². The molecule has 3 rings (SSSR count). The van der Waals surface area contributed by atoms with Gasteiger partial charge < -0.3 is 4.90 Å². The lowest BCUT2D eigenvalue weighted by Gasteiger charge is -2.34. The number of hydrogen-bond donors (Lipinski definition) is 1. The lowest BCUT2D eigenvalue weighted by Crippen LogP contribution is -2.48. The number of carbonyl (C=O) groups is 1. The van der Waals surface area contributed by atoms with Gasteiger partial charge in [0, 0.05) is 32.7 Å². The average Bonchev–Trinajstić information content (AvgIpc) is 2.75. The third kappa shape index (κ3) is 5.45. The molecule has 1 fully saturated rings. The summed E-state index contributed by atoms with van der Waals surface area (Å²) in [5.74, 6) is -0.248. The van der Waals surface area contributed by atoms with E-state index in [-0.39, 0.29) is 21.4 Å². The minimum atomic E-state index is -3.64. The molecule has 1 aliphatic heterocycles. The van der Waals surface area contributed by atoms with Crippen LogP contribution in [0.2, 0.25) is 5.02 Å². The summed E-state index contributed by atoms with van der Waals surface area (Å²) in [6.07, 6.45) is 4.21. The molecule has 154 valence electrons. The molecule has 0 radical (unpaired) electrons. The van der Waals surface area contributed by atoms with Gasteiger partial charge in [0.1, 0.15) is 0 Å². The number of halogens is 1. The van der Waals surface area contributed by atoms with Crippen LogP contribution in [0.5, 0.6) is 0 Å². The van der Waals surface area contributed by atoms with Gasteiger partial charge in [-0.25, -0.2) is 13.1 Å². The Kier molecular flexibility index (Phi) is 7.08. The fourth-order valence-corrected chi connectivity index (χ4v) is 4.11. The minimum Gasteiger partial charge on any atom is -0.336 e. The van der Waals surface area contributed by atoms with Crippen molar-refractivity contribution in [3.8, 4) is 0 Å². The SMILES string of the molecule is CNS(=O)(=O)c1ccc(Cl)c(C(=O)N2CCN(C/C=C/c3ccccc3)CC2)c1. The third-order valence-electron chi connectivity index (χ3n) is 4.88. The van der Waals surface area contributed by atoms with Crippen molar-refractivity contribution in [1.29, 1.82) is 0 Å². The molecule has 1 amide bonds. The fraction of sp³-hybridized carbons (Fsp3) is 0.286. The first-order valence-electron chi connectivity index (χ1n) is 9.37. The van der Waals surface area contributed by atoms with Crippen molar-refractivity contribution in [3.05, 3.63) is 70.8 Å². The zero-order chi connectivity index (χ0) is 20.9. The largest absolute Gasteiger partial charge is 0.336 e. The van der Waals surface area contributed by atoms with Gasteiger partial charge in [-0.05, 0) is 30.8 Å². The molecule has 1 N–H and O–H groups in total. The van der Waals surface area contributed by atoms with Crippen molar-refractivity contribution in [2.24, 2.45) is 0 Å². The summed E-state index contributed by atoms with van der Waals surface area (Å²) in [6.45, 7) is 3.44. The fourth-order valence-electron chi connectivity index (χ4n) is 3.16. The Morgan fingerprint density at radius 1 is 1.10 bits per heavy atom. The number of piperazine rings is 1. The first kappa shape index (κ1) is 21.5. The van der Waals surface area contributed by atoms with Gasteiger partial charge in [-0.15, -0.1) is 0 Å². The van der Waals surface area contributed by atoms with Crippen LogP contribution in [0.4, 0.5) is 0 Å². The molecule has 0 saturated carbocycles. The molecule has 0 aliphatic carbocycles. The van der Waals surface area contributed by atoms with E-state index in [1.807, 2.05) is 18.2 Å². The number of amides is 1. The molecule has 0 aromatic heterocycles. The van der Waals surface area contributed by atoms with Crippen LogP contribution in [-0.4, -0.2) is 63.9 Å². The van der Waals surface area contributed by atoms with Crippen LogP contribution < -0.4 is 4.72 Å². The zero-order valence-electron chi connectivity index (χ0n) is 16.2. The Hall–Kier alpha value is -2.19. The minimum absolute atomic E-state index is 0.0254. The van der Waals surface area contributed by atoms with E-state index in [9.17, 15) is 13.2 Å². The van der Waals surface area contributed by atoms with Crippen LogP contribution in [0, 0.1) is 0 Å². The maximum Gasteiger partial charge on any atom is 0.255 e. The highest BCUT2D eigenvalue weighted by molar-refractivity contribution is 7.89. The van der Waals surface area contributed by atoms with Gasteiger partial charge in [-0.3, -0.25) is 9.69 Å². The molecule has 0 atom stereocenters. The van der Waals surface area contributed by atoms with Crippen molar-refractivity contribution in [3.63, 3.8) is 0 Å². The van der Waals surface area contributed by atoms with E-state index in [1.54, 1.807) is 4.90 Å². The maximum absolute atomic E-state index is 12.9. The predicted molar refractivity (Wildman–Crippen MR) is 116 cm³/mol. The summed E-state index contributed by atoms with van der Waals surface area (Å²) in [5, 5.41) is 0.248. The van der Waals surface area contributed by atoms with E-state index >= 15 is 0 Å². The first-order valence-corrected chi connectivity index (χ1v) is 11.2. The van der Waals surface area contributed by atoms with E-state index < -0.39 is 10.0 Å². The van der Waals surface area contributed by atoms with E-state index in [2.05, 4.69) is 33.9 Å². The van der Waals surface area contributed by atoms with Gasteiger partial charge in [0.2, 0.25) is 10.0 Å². The molecule has 2 aromatic rings. The van der Waals surface area contributed by atoms with Gasteiger partial charge in [0.15, 0.2) is 0 Å². The van der Waals surface area contributed by atoms with Crippen molar-refractivity contribution < 1.29 is 13.2 Å². The predicted octanol–water partition coefficient (Wildman–Crippen LogP) is 2.72. The standard InChI is InChI=1S/C21H24ClN3O3S/c1-23-29(27,28)18-9-10-20(22)19(16-18)21(26)25-14-12-24(13-15-25)11-5-8-17-6-3-2-4-7-17/h2-10,16,23H,11-15H2,1H3/b8-5+. The Bertz CT molecular complexity index is 985. The number of benzene rings is 2. The summed E-state index contributed by atoms with van der Waals surface area (Å²) in [5.41, 5.74) is 1.37. The van der Waals surface area contributed by atoms with Crippen molar-refractivity contribution in [2.45, 2.75) is 4.90 Å². The van der Waals surface area contributed by atoms with Crippen molar-refractivity contribution >= 4 is 33.6 Å². The van der Waals surface area contributed by atoms with Crippen molar-refractivity contribution in [2.75, 3.05) is 39.8 Å². The zero-order valence-corrected chi connectivity index (χ0v) is 17.8. The highest BCUT2D eigenvalue weighted by Gasteiger charge is 2.24. The Morgan fingerprint density at radius 2 is 1.79 bits per heavy atom. The molecule has 0 bridgehead atoms. The normalized spacial score (nSPS) is 15.7. The van der Waals surface area contributed by atoms with Gasteiger partial charge >= 0.3 is 0 Å². The molecule has 29 heavy (non-hydrogen) atoms. The molecule has 1 aliphatic rings. The Morgan fingerprint density at radius 3 is 2.45 bits per heavy atom. The number of hydrogen-bond acceptors (Lipinski definition) is 4. The van der Waals surface area contributed by atoms with Gasteiger partial charge in [-0.1, -0.05) is 54.1 Å². The average molecular weight is 434 g/mol. The van der Waals surface area contributed by atoms with Crippen LogP contribution in [-0.2, 0) is 10.0 Å². The third-order valence-corrected chi connectivity index (χ3v) is 6.62. The molecule has 0 spiro atoms. The molecule has 1 saturated heterocycles. The monoisotopic (exact) mass is 433 g/mol. The highest BCUT2D eigenvalue weighted by Crippen LogP contribution is 2.22. The van der Waals surface area contributed by atoms with Gasteiger partial charge in [-0.2, -0.15) is 0 Å². The molecule has 6 nitrogen and oxygen atoms in total. The number of nitrogens with zero attached hydrogens (tertiary/aromatic N) is 2. The lowest BCUT2D eigenvalue weighted by atomic mass is 10.1. The lowest BCUT2D eigenvalue weighted by molar-refractivity contribution is 0.0650. The second kappa shape index (κ2) is 9.54. The quantitative estimate of drug-likeness (QED) is 0.760. The van der Waals surface area contributed by atoms with E-state index in [0.717, 1.165) is 25.2 Å². The summed E-state index contributed by atoms with van der Waals surface area (Å²) in [4.78, 5) is 16.9. The van der Waals surface area contributed by atoms with Gasteiger partial charge in [0.25, 0.3) is 5.91 Å². The van der Waals surface area contributed by atoms with Crippen LogP contribution in [0.3, 0.4) is 0 Å². The molecular weight excluding hydrogens is 410 g/mol. The van der Waals surface area contributed by atoms with Crippen LogP contribution in [0.15, 0.2) is 59.5 Å². The van der Waals surface area contributed by atoms with Crippen LogP contribution in [0.25, 0.3) is 6.08 Å². The Labute approximate surface area is 176 Å². The van der Waals surface area contributed by atoms with E-state index in [0.29, 0.717) is 13.1 Å². The second-order valence-corrected chi connectivity index (χ2v) is 9.05. The van der Waals surface area contributed by atoms with E-state index in [4.69, 9.17) is 11.6 Å². The van der Waals surface area contributed by atoms with Crippen LogP contribution in [0.1, 0.15) is 15.9 Å². The summed E-state index contributed by atoms with van der Waals surface area (Å²) >= 11 is 6.18. The van der Waals surface area contributed by atoms with Crippen LogP contribution >= 0.6 is 11.6 Å². The summed E-state index contributed by atoms with van der Waals surface area (Å²) in [6, 6.07) is 14.3. The summed E-state index contributed by atoms with van der Waals surface area (Å²) in [7, 11) is -2.31. The second-order valence-electron chi connectivity index (χ2n) is 6.76. The number of nitrogens with one attached hydrogen (secondary N) is 1. The number of rotatable bonds is 6. The smallest absolute Gasteiger partial charge is 0.255 e. The first-order chi connectivity index (χ1) is 13.9. The van der Waals surface area contributed by atoms with Gasteiger partial charge in [0.05, 0.1) is 15.5 Å². The maximum atomic E-state index is 12.9. The highest BCUT2D eigenvalue weighted by atomic mass is 35.5. The molecular formula is C21H24ClN3O3S. The molecule has 2 aromatic carbocycles.